The molecule has 43 heavy (non-hydrogen) atoms. The second-order valence-electron chi connectivity index (χ2n) is 11.0. The minimum Gasteiger partial charge on any atom is -0.304 e. The van der Waals surface area contributed by atoms with Crippen LogP contribution >= 0.6 is 11.6 Å². The molecule has 0 atom stereocenters. The van der Waals surface area contributed by atoms with E-state index in [4.69, 9.17) is 16.4 Å². The van der Waals surface area contributed by atoms with Gasteiger partial charge in [-0.05, 0) is 102 Å². The summed E-state index contributed by atoms with van der Waals surface area (Å²) in [5.41, 5.74) is 11.4. The number of carbonyl (C=O) groups is 1. The van der Waals surface area contributed by atoms with Crippen LogP contribution in [0.5, 0.6) is 0 Å². The number of alkyl halides is 1. The van der Waals surface area contributed by atoms with E-state index in [1.165, 1.54) is 45.9 Å². The molecule has 2 aromatic rings. The number of hydrogen-bond donors (Lipinski definition) is 0. The molecule has 0 fully saturated rings. The number of benzene rings is 2. The van der Waals surface area contributed by atoms with E-state index in [0.29, 0.717) is 11.5 Å². The lowest BCUT2D eigenvalue weighted by Crippen LogP contribution is -2.20. The van der Waals surface area contributed by atoms with Gasteiger partial charge in [0.2, 0.25) is 0 Å². The summed E-state index contributed by atoms with van der Waals surface area (Å²) in [7, 11) is 0. The van der Waals surface area contributed by atoms with Crippen LogP contribution in [0.3, 0.4) is 0 Å². The first-order valence-electron chi connectivity index (χ1n) is 15.0. The number of hydrogen-bond acceptors (Lipinski definition) is 2. The molecule has 236 valence electrons. The van der Waals surface area contributed by atoms with Crippen molar-refractivity contribution in [1.82, 2.24) is 0 Å². The topological polar surface area (TPSA) is 40.9 Å². The van der Waals surface area contributed by atoms with Gasteiger partial charge in [-0.2, -0.15) is 5.26 Å². The van der Waals surface area contributed by atoms with Crippen molar-refractivity contribution in [2.24, 2.45) is 0 Å². The standard InChI is InChI=1S/C28H33N.C4H7Cl.C4H8.C2H4O.C2H6/c1-8-23-16-15-22(5)27(17-23)28(6,7)26-14-10-12-24(18-26)25(19-29)13-9-11-21(4)20(2)3;1-4(2)3-5;1-4(2)3;1-2-3;1-2/h9-18H,8H2,1-7H3;1,3H2,2H3;1H2,2-3H3;2H,1H3;1-2H3/b11-9+,25-13+;;;;. The van der Waals surface area contributed by atoms with Crippen LogP contribution in [-0.2, 0) is 16.6 Å². The Kier molecular flexibility index (Phi) is 25.7. The summed E-state index contributed by atoms with van der Waals surface area (Å²) in [5, 5.41) is 9.71. The molecule has 0 saturated carbocycles. The van der Waals surface area contributed by atoms with Crippen LogP contribution in [0.25, 0.3) is 5.57 Å². The van der Waals surface area contributed by atoms with E-state index >= 15 is 0 Å². The van der Waals surface area contributed by atoms with E-state index in [1.807, 2.05) is 52.8 Å². The highest BCUT2D eigenvalue weighted by molar-refractivity contribution is 6.19. The van der Waals surface area contributed by atoms with Crippen molar-refractivity contribution in [1.29, 1.82) is 5.26 Å². The summed E-state index contributed by atoms with van der Waals surface area (Å²) in [4.78, 5) is 8.81. The van der Waals surface area contributed by atoms with Crippen LogP contribution in [0.2, 0.25) is 0 Å². The molecule has 0 saturated heterocycles. The lowest BCUT2D eigenvalue weighted by Gasteiger charge is -2.29. The van der Waals surface area contributed by atoms with Crippen molar-refractivity contribution in [3.63, 3.8) is 0 Å². The smallest absolute Gasteiger partial charge is 0.116 e. The van der Waals surface area contributed by atoms with Gasteiger partial charge in [0, 0.05) is 11.3 Å². The highest BCUT2D eigenvalue weighted by atomic mass is 35.5. The number of carbonyl (C=O) groups excluding carboxylic acids is 1. The van der Waals surface area contributed by atoms with Crippen molar-refractivity contribution >= 4 is 23.5 Å². The van der Waals surface area contributed by atoms with Crippen LogP contribution in [0.1, 0.15) is 111 Å². The molecule has 0 aromatic heterocycles. The van der Waals surface area contributed by atoms with E-state index < -0.39 is 0 Å². The van der Waals surface area contributed by atoms with Gasteiger partial charge in [-0.1, -0.05) is 112 Å². The number of aryl methyl sites for hydroxylation is 2. The zero-order valence-corrected chi connectivity index (χ0v) is 30.2. The molecule has 0 heterocycles. The van der Waals surface area contributed by atoms with Crippen LogP contribution in [0, 0.1) is 18.3 Å². The van der Waals surface area contributed by atoms with Crippen molar-refractivity contribution in [3.05, 3.63) is 124 Å². The van der Waals surface area contributed by atoms with E-state index in [9.17, 15) is 5.26 Å². The minimum atomic E-state index is -0.139. The summed E-state index contributed by atoms with van der Waals surface area (Å²) >= 11 is 5.24. The molecule has 2 rings (SSSR count). The van der Waals surface area contributed by atoms with Gasteiger partial charge in [-0.3, -0.25) is 0 Å². The number of allylic oxidation sites excluding steroid dienone is 8. The highest BCUT2D eigenvalue weighted by Crippen LogP contribution is 2.35. The van der Waals surface area contributed by atoms with Gasteiger partial charge >= 0.3 is 0 Å². The molecule has 0 amide bonds. The summed E-state index contributed by atoms with van der Waals surface area (Å²) in [6, 6.07) is 17.5. The van der Waals surface area contributed by atoms with Crippen LogP contribution in [0.15, 0.2) is 96.1 Å². The first kappa shape index (κ1) is 44.0. The number of nitriles is 1. The molecule has 0 aliphatic rings. The normalized spacial score (nSPS) is 10.1. The third kappa shape index (κ3) is 19.4. The Morgan fingerprint density at radius 1 is 1.00 bits per heavy atom. The number of aldehydes is 1. The fourth-order valence-corrected chi connectivity index (χ4v) is 3.45. The van der Waals surface area contributed by atoms with Gasteiger partial charge in [0.15, 0.2) is 0 Å². The zero-order chi connectivity index (χ0) is 34.2. The Balaban J connectivity index is -0.000000960. The lowest BCUT2D eigenvalue weighted by atomic mass is 9.75. The molecule has 2 aromatic carbocycles. The quantitative estimate of drug-likeness (QED) is 0.104. The lowest BCUT2D eigenvalue weighted by molar-refractivity contribution is -0.106. The molecule has 0 radical (unpaired) electrons. The van der Waals surface area contributed by atoms with Crippen molar-refractivity contribution in [2.75, 3.05) is 5.88 Å². The molecule has 0 spiro atoms. The van der Waals surface area contributed by atoms with Crippen LogP contribution in [-0.4, -0.2) is 12.2 Å². The van der Waals surface area contributed by atoms with Gasteiger partial charge in [0.05, 0.1) is 11.6 Å². The van der Waals surface area contributed by atoms with E-state index in [0.717, 1.165) is 23.8 Å². The Bertz CT molecular complexity index is 1260. The molecule has 2 nitrogen and oxygen atoms in total. The van der Waals surface area contributed by atoms with Crippen LogP contribution in [0.4, 0.5) is 0 Å². The molecule has 0 aliphatic carbocycles. The zero-order valence-electron chi connectivity index (χ0n) is 29.4. The maximum atomic E-state index is 9.71. The van der Waals surface area contributed by atoms with Gasteiger partial charge in [-0.25, -0.2) is 0 Å². The predicted octanol–water partition coefficient (Wildman–Crippen LogP) is 12.3. The second-order valence-corrected chi connectivity index (χ2v) is 11.2. The van der Waals surface area contributed by atoms with E-state index in [1.54, 1.807) is 0 Å². The average molecular weight is 604 g/mol. The Morgan fingerprint density at radius 2 is 1.51 bits per heavy atom. The number of rotatable bonds is 7. The SMILES string of the molecule is C=C(C)C.C=C(C)CCl.CC.CC=O.CCc1ccc(C)c(C(C)(C)c2cccc(/C(C#N)=C/C=C/C(C)=C(C)C)c2)c1. The maximum Gasteiger partial charge on any atom is 0.116 e. The highest BCUT2D eigenvalue weighted by Gasteiger charge is 2.25. The summed E-state index contributed by atoms with van der Waals surface area (Å²) < 4.78 is 0. The van der Waals surface area contributed by atoms with E-state index in [-0.39, 0.29) is 5.41 Å². The first-order valence-corrected chi connectivity index (χ1v) is 15.5. The molecular weight excluding hydrogens is 546 g/mol. The van der Waals surface area contributed by atoms with Gasteiger partial charge < -0.3 is 4.79 Å². The number of nitrogens with zero attached hydrogens (tertiary/aromatic N) is 1. The Labute approximate surface area is 270 Å². The fraction of sp³-hybridized carbons (Fsp3) is 0.400. The monoisotopic (exact) mass is 603 g/mol. The molecule has 3 heteroatoms. The summed E-state index contributed by atoms with van der Waals surface area (Å²) in [6.45, 7) is 33.6. The van der Waals surface area contributed by atoms with Gasteiger partial charge in [0.1, 0.15) is 6.29 Å². The Morgan fingerprint density at radius 3 is 1.93 bits per heavy atom. The molecule has 0 aliphatic heterocycles. The number of halogens is 1. The molecule has 0 N–H and O–H groups in total. The molecule has 0 bridgehead atoms. The van der Waals surface area contributed by atoms with Gasteiger partial charge in [0.25, 0.3) is 0 Å². The first-order chi connectivity index (χ1) is 20.1. The van der Waals surface area contributed by atoms with Crippen molar-refractivity contribution in [3.8, 4) is 6.07 Å². The van der Waals surface area contributed by atoms with Crippen molar-refractivity contribution < 1.29 is 4.79 Å². The third-order valence-electron chi connectivity index (χ3n) is 6.03. The van der Waals surface area contributed by atoms with Gasteiger partial charge in [-0.15, -0.1) is 18.2 Å². The van der Waals surface area contributed by atoms with Crippen LogP contribution < -0.4 is 0 Å². The van der Waals surface area contributed by atoms with Crippen molar-refractivity contribution in [2.45, 2.75) is 102 Å². The fourth-order valence-electron chi connectivity index (χ4n) is 3.45. The molecule has 0 unspecified atom stereocenters. The van der Waals surface area contributed by atoms with E-state index in [2.05, 4.69) is 110 Å². The average Bonchev–Trinajstić information content (AvgIpc) is 2.97. The minimum absolute atomic E-state index is 0.139. The molecular formula is C40H58ClNO. The predicted molar refractivity (Wildman–Crippen MR) is 195 cm³/mol. The maximum absolute atomic E-state index is 9.71. The summed E-state index contributed by atoms with van der Waals surface area (Å²) in [5.74, 6) is 0.583. The second kappa shape index (κ2) is 25.1. The largest absolute Gasteiger partial charge is 0.304 e. The third-order valence-corrected chi connectivity index (χ3v) is 6.48. The Hall–Kier alpha value is -3.41. The summed E-state index contributed by atoms with van der Waals surface area (Å²) in [6.07, 6.45) is 7.71.